The zero-order chi connectivity index (χ0) is 37.5. The van der Waals surface area contributed by atoms with E-state index in [1.807, 2.05) is 6.07 Å². The summed E-state index contributed by atoms with van der Waals surface area (Å²) in [4.78, 5) is 55.7. The van der Waals surface area contributed by atoms with Gasteiger partial charge in [0.1, 0.15) is 17.0 Å². The molecule has 1 aromatic heterocycles. The highest BCUT2D eigenvalue weighted by Crippen LogP contribution is 2.33. The van der Waals surface area contributed by atoms with Gasteiger partial charge in [0.2, 0.25) is 0 Å². The fraction of sp³-hybridized carbons (Fsp3) is 0.324. The number of halogens is 1. The van der Waals surface area contributed by atoms with Gasteiger partial charge in [-0.15, -0.1) is 0 Å². The number of amides is 3. The third-order valence-electron chi connectivity index (χ3n) is 7.06. The van der Waals surface area contributed by atoms with Crippen LogP contribution >= 0.6 is 0 Å². The van der Waals surface area contributed by atoms with Crippen LogP contribution in [0.1, 0.15) is 64.3 Å². The van der Waals surface area contributed by atoms with Crippen LogP contribution in [0, 0.1) is 5.82 Å². The number of rotatable bonds is 10. The van der Waals surface area contributed by atoms with E-state index in [9.17, 15) is 24.3 Å². The maximum Gasteiger partial charge on any atom is 0.425 e. The van der Waals surface area contributed by atoms with E-state index < -0.39 is 47.3 Å². The molecule has 3 aromatic carbocycles. The average molecular weight is 704 g/mol. The molecule has 0 aliphatic carbocycles. The second-order valence-corrected chi connectivity index (χ2v) is 13.6. The van der Waals surface area contributed by atoms with E-state index in [0.29, 0.717) is 29.1 Å². The summed E-state index contributed by atoms with van der Waals surface area (Å²) in [6.07, 6.45) is -1.20. The first-order chi connectivity index (χ1) is 23.9. The Hall–Kier alpha value is -5.76. The number of aromatic nitrogens is 1. The Morgan fingerprint density at radius 3 is 2.12 bits per heavy atom. The predicted octanol–water partition coefficient (Wildman–Crippen LogP) is 7.54. The summed E-state index contributed by atoms with van der Waals surface area (Å²) in [5.41, 5.74) is 6.35. The summed E-state index contributed by atoms with van der Waals surface area (Å²) < 4.78 is 32.0. The molecule has 0 radical (unpaired) electrons. The maximum atomic E-state index is 15.9. The molecule has 0 fully saturated rings. The Balaban J connectivity index is 1.51. The lowest BCUT2D eigenvalue weighted by Gasteiger charge is -2.28. The van der Waals surface area contributed by atoms with E-state index >= 15 is 4.39 Å². The summed E-state index contributed by atoms with van der Waals surface area (Å²) >= 11 is 0. The van der Waals surface area contributed by atoms with Crippen LogP contribution in [0.15, 0.2) is 72.9 Å². The van der Waals surface area contributed by atoms with Crippen LogP contribution < -0.4 is 21.3 Å². The number of carboxylic acid groups (broad SMARTS) is 1. The van der Waals surface area contributed by atoms with Crippen LogP contribution in [0.3, 0.4) is 0 Å². The minimum atomic E-state index is -1.27. The summed E-state index contributed by atoms with van der Waals surface area (Å²) in [5, 5.41) is 15.6. The summed E-state index contributed by atoms with van der Waals surface area (Å²) in [5.74, 6) is -2.46. The predicted molar refractivity (Wildman–Crippen MR) is 190 cm³/mol. The molecule has 0 bridgehead atoms. The lowest BCUT2D eigenvalue weighted by Crippen LogP contribution is -2.44. The largest absolute Gasteiger partial charge is 0.479 e. The second kappa shape index (κ2) is 15.9. The zero-order valence-corrected chi connectivity index (χ0v) is 29.3. The number of carbonyl (C=O) groups excluding carboxylic acids is 3. The summed E-state index contributed by atoms with van der Waals surface area (Å²) in [6, 6.07) is 16.4. The molecular formula is C37H42FN5O8. The Morgan fingerprint density at radius 2 is 1.53 bits per heavy atom. The topological polar surface area (TPSA) is 182 Å². The normalized spacial score (nSPS) is 12.1. The minimum Gasteiger partial charge on any atom is -0.479 e. The highest BCUT2D eigenvalue weighted by molar-refractivity contribution is 6.14. The van der Waals surface area contributed by atoms with Crippen LogP contribution in [0.5, 0.6) is 0 Å². The van der Waals surface area contributed by atoms with Crippen LogP contribution in [-0.2, 0) is 32.0 Å². The first-order valence-electron chi connectivity index (χ1n) is 16.1. The number of anilines is 3. The van der Waals surface area contributed by atoms with Crippen molar-refractivity contribution in [1.29, 1.82) is 0 Å². The van der Waals surface area contributed by atoms with Gasteiger partial charge in [-0.2, -0.15) is 4.90 Å². The van der Waals surface area contributed by atoms with Gasteiger partial charge in [-0.1, -0.05) is 36.4 Å². The number of hydrogen-bond acceptors (Lipinski definition) is 10. The van der Waals surface area contributed by atoms with E-state index in [1.165, 1.54) is 18.3 Å². The van der Waals surface area contributed by atoms with Crippen molar-refractivity contribution in [1.82, 2.24) is 4.98 Å². The standard InChI is InChI=1S/C37H42FN5O8/c1-36(2,3)50-34(47)43(35(48)51-37(4,5)6)31-29-25(14-16-40-31)19-27(20-28(29)38)41-30(32(44)45)24-12-10-22(11-13-24)15-17-49-33(46)42-26-9-7-8-23(18-26)21-39/h7-14,16,18-20,30,41H,15,17,21,39H2,1-6H3,(H,42,46)(H,44,45). The number of ether oxygens (including phenoxy) is 3. The maximum absolute atomic E-state index is 15.9. The van der Waals surface area contributed by atoms with Gasteiger partial charge in [-0.25, -0.2) is 28.6 Å². The third-order valence-corrected chi connectivity index (χ3v) is 7.06. The van der Waals surface area contributed by atoms with Gasteiger partial charge < -0.3 is 30.4 Å². The number of nitrogens with one attached hydrogen (secondary N) is 2. The molecule has 0 aliphatic rings. The SMILES string of the molecule is CC(C)(C)OC(=O)N(C(=O)OC(C)(C)C)c1nccc2cc(NC(C(=O)O)c3ccc(CCOC(=O)Nc4cccc(CN)c4)cc3)cc(F)c12. The van der Waals surface area contributed by atoms with Crippen LogP contribution in [0.25, 0.3) is 10.8 Å². The molecule has 4 aromatic rings. The van der Waals surface area contributed by atoms with Crippen molar-refractivity contribution in [2.24, 2.45) is 5.73 Å². The second-order valence-electron chi connectivity index (χ2n) is 13.6. The molecule has 1 atom stereocenters. The number of carbonyl (C=O) groups is 4. The third kappa shape index (κ3) is 10.6. The van der Waals surface area contributed by atoms with Gasteiger partial charge in [0.15, 0.2) is 11.9 Å². The number of benzene rings is 3. The monoisotopic (exact) mass is 703 g/mol. The molecule has 0 saturated heterocycles. The number of hydrogen-bond donors (Lipinski definition) is 4. The summed E-state index contributed by atoms with van der Waals surface area (Å²) in [6.45, 7) is 10.1. The summed E-state index contributed by atoms with van der Waals surface area (Å²) in [7, 11) is 0. The number of pyridine rings is 1. The number of fused-ring (bicyclic) bond motifs is 1. The van der Waals surface area contributed by atoms with Gasteiger partial charge >= 0.3 is 24.2 Å². The minimum absolute atomic E-state index is 0.0782. The zero-order valence-electron chi connectivity index (χ0n) is 29.3. The Morgan fingerprint density at radius 1 is 0.882 bits per heavy atom. The van der Waals surface area contributed by atoms with Crippen LogP contribution in [0.4, 0.5) is 36.0 Å². The molecule has 0 spiro atoms. The highest BCUT2D eigenvalue weighted by Gasteiger charge is 2.35. The van der Waals surface area contributed by atoms with E-state index in [1.54, 1.807) is 84.0 Å². The first kappa shape index (κ1) is 38.0. The van der Waals surface area contributed by atoms with Crippen molar-refractivity contribution in [2.45, 2.75) is 71.8 Å². The van der Waals surface area contributed by atoms with Crippen molar-refractivity contribution in [3.05, 3.63) is 95.4 Å². The number of imide groups is 1. The van der Waals surface area contributed by atoms with E-state index in [-0.39, 0.29) is 28.9 Å². The molecule has 3 amide bonds. The van der Waals surface area contributed by atoms with Crippen molar-refractivity contribution < 1.29 is 42.9 Å². The van der Waals surface area contributed by atoms with Crippen LogP contribution in [0.2, 0.25) is 0 Å². The number of aliphatic carboxylic acids is 1. The Kier molecular flexibility index (Phi) is 11.8. The molecule has 4 rings (SSSR count). The van der Waals surface area contributed by atoms with Crippen molar-refractivity contribution >= 4 is 52.2 Å². The number of nitrogens with two attached hydrogens (primary N) is 1. The lowest BCUT2D eigenvalue weighted by atomic mass is 10.0. The van der Waals surface area contributed by atoms with Gasteiger partial charge in [0, 0.05) is 30.5 Å². The molecule has 14 heteroatoms. The smallest absolute Gasteiger partial charge is 0.425 e. The molecule has 270 valence electrons. The number of carboxylic acids is 1. The first-order valence-corrected chi connectivity index (χ1v) is 16.1. The van der Waals surface area contributed by atoms with Crippen molar-refractivity contribution in [3.63, 3.8) is 0 Å². The molecule has 0 aliphatic heterocycles. The molecule has 1 heterocycles. The van der Waals surface area contributed by atoms with Gasteiger partial charge in [-0.05, 0) is 94.0 Å². The fourth-order valence-electron chi connectivity index (χ4n) is 4.89. The van der Waals surface area contributed by atoms with Crippen molar-refractivity contribution in [3.8, 4) is 0 Å². The average Bonchev–Trinajstić information content (AvgIpc) is 3.02. The quantitative estimate of drug-likeness (QED) is 0.120. The van der Waals surface area contributed by atoms with Gasteiger partial charge in [0.25, 0.3) is 0 Å². The molecule has 5 N–H and O–H groups in total. The molecule has 1 unspecified atom stereocenters. The molecule has 51 heavy (non-hydrogen) atoms. The lowest BCUT2D eigenvalue weighted by molar-refractivity contribution is -0.138. The molecular weight excluding hydrogens is 661 g/mol. The highest BCUT2D eigenvalue weighted by atomic mass is 19.1. The van der Waals surface area contributed by atoms with Gasteiger partial charge in [-0.3, -0.25) is 5.32 Å². The Bertz CT molecular complexity index is 1880. The number of nitrogens with zero attached hydrogens (tertiary/aromatic N) is 2. The molecule has 13 nitrogen and oxygen atoms in total. The van der Waals surface area contributed by atoms with E-state index in [2.05, 4.69) is 15.6 Å². The van der Waals surface area contributed by atoms with E-state index in [0.717, 1.165) is 17.2 Å². The van der Waals surface area contributed by atoms with Crippen LogP contribution in [-0.4, -0.2) is 52.1 Å². The van der Waals surface area contributed by atoms with E-state index in [4.69, 9.17) is 19.9 Å². The van der Waals surface area contributed by atoms with Gasteiger partial charge in [0.05, 0.1) is 12.0 Å². The van der Waals surface area contributed by atoms with Crippen molar-refractivity contribution in [2.75, 3.05) is 22.1 Å². The fourth-order valence-corrected chi connectivity index (χ4v) is 4.89. The molecule has 0 saturated carbocycles. The Labute approximate surface area is 294 Å².